The molecule has 3 rings (SSSR count). The number of hydrogen-bond donors (Lipinski definition) is 1. The number of nitrogen functional groups attached to an aromatic ring is 1. The number of anilines is 1. The second kappa shape index (κ2) is 6.59. The maximum atomic E-state index is 6.28. The molecular formula is C15H16ClN5S2. The fraction of sp³-hybridized carbons (Fsp3) is 0.267. The minimum Gasteiger partial charge on any atom is -0.384 e. The highest BCUT2D eigenvalue weighted by Crippen LogP contribution is 2.35. The van der Waals surface area contributed by atoms with Crippen LogP contribution >= 0.6 is 35.1 Å². The normalized spacial score (nSPS) is 12.7. The molecular weight excluding hydrogens is 350 g/mol. The smallest absolute Gasteiger partial charge is 0.191 e. The minimum absolute atomic E-state index is 0.0900. The molecule has 2 N–H and O–H groups in total. The molecule has 0 radical (unpaired) electrons. The Kier molecular flexibility index (Phi) is 4.70. The van der Waals surface area contributed by atoms with E-state index in [9.17, 15) is 0 Å². The van der Waals surface area contributed by atoms with Gasteiger partial charge in [-0.05, 0) is 19.2 Å². The summed E-state index contributed by atoms with van der Waals surface area (Å²) in [7, 11) is 1.96. The van der Waals surface area contributed by atoms with E-state index in [1.54, 1.807) is 17.8 Å². The van der Waals surface area contributed by atoms with Gasteiger partial charge in [0.25, 0.3) is 0 Å². The quantitative estimate of drug-likeness (QED) is 0.425. The van der Waals surface area contributed by atoms with Gasteiger partial charge in [0, 0.05) is 24.7 Å². The number of aromatic nitrogens is 4. The van der Waals surface area contributed by atoms with E-state index in [2.05, 4.69) is 21.9 Å². The SMILES string of the molecule is CSc1cc(N)nc(SC(C)c2cc3c(Cl)cn(C)c3cn2)n1. The van der Waals surface area contributed by atoms with Gasteiger partial charge in [-0.2, -0.15) is 0 Å². The van der Waals surface area contributed by atoms with Crippen LogP contribution in [0.3, 0.4) is 0 Å². The van der Waals surface area contributed by atoms with Gasteiger partial charge in [0.2, 0.25) is 0 Å². The molecule has 0 bridgehead atoms. The van der Waals surface area contributed by atoms with Crippen molar-refractivity contribution in [2.24, 2.45) is 7.05 Å². The number of halogens is 1. The fourth-order valence-corrected chi connectivity index (χ4v) is 3.91. The average Bonchev–Trinajstić information content (AvgIpc) is 2.81. The lowest BCUT2D eigenvalue weighted by molar-refractivity contribution is 0.888. The maximum absolute atomic E-state index is 6.28. The number of rotatable bonds is 4. The summed E-state index contributed by atoms with van der Waals surface area (Å²) in [5, 5.41) is 3.34. The number of nitrogens with two attached hydrogens (primary N) is 1. The summed E-state index contributed by atoms with van der Waals surface area (Å²) in [5.74, 6) is 0.480. The number of fused-ring (bicyclic) bond motifs is 1. The monoisotopic (exact) mass is 365 g/mol. The first-order valence-corrected chi connectivity index (χ1v) is 9.42. The van der Waals surface area contributed by atoms with Gasteiger partial charge in [-0.25, -0.2) is 9.97 Å². The summed E-state index contributed by atoms with van der Waals surface area (Å²) in [5.41, 5.74) is 7.78. The van der Waals surface area contributed by atoms with Crippen LogP contribution < -0.4 is 5.73 Å². The van der Waals surface area contributed by atoms with Crippen molar-refractivity contribution < 1.29 is 0 Å². The van der Waals surface area contributed by atoms with E-state index in [-0.39, 0.29) is 5.25 Å². The third kappa shape index (κ3) is 3.41. The molecule has 0 saturated heterocycles. The first kappa shape index (κ1) is 16.4. The van der Waals surface area contributed by atoms with Crippen molar-refractivity contribution in [1.29, 1.82) is 0 Å². The molecule has 3 aromatic heterocycles. The zero-order chi connectivity index (χ0) is 16.6. The molecule has 3 aromatic rings. The molecule has 0 saturated carbocycles. The van der Waals surface area contributed by atoms with Gasteiger partial charge in [0.1, 0.15) is 10.8 Å². The Morgan fingerprint density at radius 1 is 1.30 bits per heavy atom. The molecule has 23 heavy (non-hydrogen) atoms. The van der Waals surface area contributed by atoms with Crippen LogP contribution in [-0.4, -0.2) is 25.8 Å². The number of pyridine rings is 1. The third-order valence-corrected chi connectivity index (χ3v) is 5.38. The lowest BCUT2D eigenvalue weighted by Crippen LogP contribution is -1.99. The minimum atomic E-state index is 0.0900. The van der Waals surface area contributed by atoms with E-state index in [4.69, 9.17) is 17.3 Å². The first-order valence-electron chi connectivity index (χ1n) is 6.93. The van der Waals surface area contributed by atoms with Crippen LogP contribution in [0.15, 0.2) is 34.7 Å². The van der Waals surface area contributed by atoms with Gasteiger partial charge in [0.05, 0.1) is 27.7 Å². The molecule has 0 amide bonds. The van der Waals surface area contributed by atoms with Gasteiger partial charge in [-0.15, -0.1) is 11.8 Å². The number of thioether (sulfide) groups is 2. The average molecular weight is 366 g/mol. The summed E-state index contributed by atoms with van der Waals surface area (Å²) in [6.07, 6.45) is 5.70. The zero-order valence-corrected chi connectivity index (χ0v) is 15.3. The molecule has 1 atom stereocenters. The topological polar surface area (TPSA) is 69.6 Å². The van der Waals surface area contributed by atoms with Crippen molar-refractivity contribution in [1.82, 2.24) is 19.5 Å². The van der Waals surface area contributed by atoms with Crippen LogP contribution in [0.25, 0.3) is 10.9 Å². The highest BCUT2D eigenvalue weighted by molar-refractivity contribution is 7.99. The highest BCUT2D eigenvalue weighted by Gasteiger charge is 2.15. The summed E-state index contributed by atoms with van der Waals surface area (Å²) in [6, 6.07) is 3.80. The Hall–Kier alpha value is -1.44. The molecule has 1 unspecified atom stereocenters. The summed E-state index contributed by atoms with van der Waals surface area (Å²) in [4.78, 5) is 13.3. The van der Waals surface area contributed by atoms with Crippen molar-refractivity contribution in [3.8, 4) is 0 Å². The molecule has 0 aromatic carbocycles. The Morgan fingerprint density at radius 3 is 2.83 bits per heavy atom. The van der Waals surface area contributed by atoms with Crippen LogP contribution in [0, 0.1) is 0 Å². The van der Waals surface area contributed by atoms with Gasteiger partial charge >= 0.3 is 0 Å². The van der Waals surface area contributed by atoms with E-state index < -0.39 is 0 Å². The third-order valence-electron chi connectivity index (χ3n) is 3.46. The molecule has 0 aliphatic rings. The van der Waals surface area contributed by atoms with E-state index in [0.717, 1.165) is 26.6 Å². The Labute approximate surface area is 148 Å². The standard InChI is InChI=1S/C15H16ClN5S2/c1-8(23-15-19-13(17)5-14(20-15)22-3)11-4-9-10(16)7-21(2)12(9)6-18-11/h4-8H,1-3H3,(H2,17,19,20). The molecule has 3 heterocycles. The largest absolute Gasteiger partial charge is 0.384 e. The number of hydrogen-bond acceptors (Lipinski definition) is 6. The summed E-state index contributed by atoms with van der Waals surface area (Å²) in [6.45, 7) is 2.07. The van der Waals surface area contributed by atoms with Crippen LogP contribution in [0.1, 0.15) is 17.9 Å². The van der Waals surface area contributed by atoms with Crippen molar-refractivity contribution >= 4 is 51.8 Å². The highest BCUT2D eigenvalue weighted by atomic mass is 35.5. The Bertz CT molecular complexity index is 864. The molecule has 0 fully saturated rings. The van der Waals surface area contributed by atoms with Crippen molar-refractivity contribution in [2.45, 2.75) is 22.4 Å². The Morgan fingerprint density at radius 2 is 2.09 bits per heavy atom. The van der Waals surface area contributed by atoms with Crippen LogP contribution in [0.5, 0.6) is 0 Å². The van der Waals surface area contributed by atoms with E-state index in [1.807, 2.05) is 36.3 Å². The second-order valence-corrected chi connectivity index (χ2v) is 7.63. The van der Waals surface area contributed by atoms with Gasteiger partial charge in [-0.3, -0.25) is 4.98 Å². The molecule has 5 nitrogen and oxygen atoms in total. The predicted molar refractivity (Wildman–Crippen MR) is 98.2 cm³/mol. The molecule has 8 heteroatoms. The fourth-order valence-electron chi connectivity index (χ4n) is 2.26. The van der Waals surface area contributed by atoms with Crippen LogP contribution in [-0.2, 0) is 7.05 Å². The predicted octanol–water partition coefficient (Wildman–Crippen LogP) is 4.17. The van der Waals surface area contributed by atoms with E-state index >= 15 is 0 Å². The van der Waals surface area contributed by atoms with E-state index in [0.29, 0.717) is 11.0 Å². The van der Waals surface area contributed by atoms with Crippen molar-refractivity contribution in [2.75, 3.05) is 12.0 Å². The lowest BCUT2D eigenvalue weighted by Gasteiger charge is -2.11. The zero-order valence-electron chi connectivity index (χ0n) is 12.9. The Balaban J connectivity index is 1.90. The number of aryl methyl sites for hydroxylation is 1. The summed E-state index contributed by atoms with van der Waals surface area (Å²) >= 11 is 9.36. The molecule has 0 aliphatic carbocycles. The molecule has 120 valence electrons. The maximum Gasteiger partial charge on any atom is 0.191 e. The van der Waals surface area contributed by atoms with Gasteiger partial charge in [-0.1, -0.05) is 23.4 Å². The van der Waals surface area contributed by atoms with Gasteiger partial charge in [0.15, 0.2) is 5.16 Å². The molecule has 0 spiro atoms. The van der Waals surface area contributed by atoms with Gasteiger partial charge < -0.3 is 10.3 Å². The second-order valence-electron chi connectivity index (χ2n) is 5.09. The number of nitrogens with zero attached hydrogens (tertiary/aromatic N) is 4. The van der Waals surface area contributed by atoms with Crippen molar-refractivity contribution in [3.63, 3.8) is 0 Å². The lowest BCUT2D eigenvalue weighted by atomic mass is 10.2. The van der Waals surface area contributed by atoms with E-state index in [1.165, 1.54) is 11.8 Å². The van der Waals surface area contributed by atoms with Crippen molar-refractivity contribution in [3.05, 3.63) is 35.2 Å². The first-order chi connectivity index (χ1) is 11.0. The van der Waals surface area contributed by atoms with Crippen LogP contribution in [0.2, 0.25) is 5.02 Å². The molecule has 0 aliphatic heterocycles. The summed E-state index contributed by atoms with van der Waals surface area (Å²) < 4.78 is 1.97. The van der Waals surface area contributed by atoms with Crippen LogP contribution in [0.4, 0.5) is 5.82 Å².